The van der Waals surface area contributed by atoms with Gasteiger partial charge in [0.05, 0.1) is 0 Å². The van der Waals surface area contributed by atoms with Crippen LogP contribution in [0.2, 0.25) is 5.02 Å². The van der Waals surface area contributed by atoms with Gasteiger partial charge in [-0.25, -0.2) is 4.39 Å². The van der Waals surface area contributed by atoms with Crippen LogP contribution in [-0.4, -0.2) is 17.0 Å². The Morgan fingerprint density at radius 1 is 1.64 bits per heavy atom. The second kappa shape index (κ2) is 4.07. The molecule has 1 aromatic carbocycles. The summed E-state index contributed by atoms with van der Waals surface area (Å²) in [7, 11) is 0. The minimum Gasteiger partial charge on any atom is -0.382 e. The van der Waals surface area contributed by atoms with E-state index in [1.54, 1.807) is 0 Å². The Labute approximate surface area is 86.3 Å². The van der Waals surface area contributed by atoms with Gasteiger partial charge in [-0.15, -0.1) is 0 Å². The average Bonchev–Trinajstić information content (AvgIpc) is 2.12. The molecule has 0 saturated carbocycles. The third kappa shape index (κ3) is 2.53. The molecule has 2 nitrogen and oxygen atoms in total. The van der Waals surface area contributed by atoms with E-state index < -0.39 is 11.4 Å². The molecule has 0 aliphatic carbocycles. The largest absolute Gasteiger partial charge is 0.382 e. The standard InChI is InChI=1S/C10H10ClFO2/c1-10(14,6-13)5-7-8(11)3-2-4-9(7)12/h2-4,6,14H,5H2,1H3. The second-order valence-electron chi connectivity index (χ2n) is 3.35. The predicted molar refractivity (Wildman–Crippen MR) is 51.8 cm³/mol. The summed E-state index contributed by atoms with van der Waals surface area (Å²) in [5, 5.41) is 9.65. The Morgan fingerprint density at radius 2 is 2.29 bits per heavy atom. The summed E-state index contributed by atoms with van der Waals surface area (Å²) in [5.41, 5.74) is -1.42. The van der Waals surface area contributed by atoms with Crippen molar-refractivity contribution in [3.8, 4) is 0 Å². The Hall–Kier alpha value is -0.930. The van der Waals surface area contributed by atoms with E-state index in [9.17, 15) is 14.3 Å². The van der Waals surface area contributed by atoms with Crippen molar-refractivity contribution in [2.45, 2.75) is 18.9 Å². The van der Waals surface area contributed by atoms with Gasteiger partial charge < -0.3 is 9.90 Å². The molecule has 1 aromatic rings. The van der Waals surface area contributed by atoms with Crippen LogP contribution in [0, 0.1) is 5.82 Å². The van der Waals surface area contributed by atoms with Gasteiger partial charge in [-0.2, -0.15) is 0 Å². The minimum absolute atomic E-state index is 0.123. The van der Waals surface area contributed by atoms with E-state index in [0.29, 0.717) is 6.29 Å². The number of hydrogen-bond donors (Lipinski definition) is 1. The summed E-state index contributed by atoms with van der Waals surface area (Å²) >= 11 is 5.73. The zero-order valence-electron chi connectivity index (χ0n) is 7.63. The maximum atomic E-state index is 13.2. The number of carbonyl (C=O) groups excluding carboxylic acids is 1. The quantitative estimate of drug-likeness (QED) is 0.785. The first-order chi connectivity index (χ1) is 6.46. The van der Waals surface area contributed by atoms with Gasteiger partial charge in [0.15, 0.2) is 6.29 Å². The molecule has 1 atom stereocenters. The lowest BCUT2D eigenvalue weighted by molar-refractivity contribution is -0.122. The number of aldehydes is 1. The normalized spacial score (nSPS) is 14.9. The lowest BCUT2D eigenvalue weighted by Crippen LogP contribution is -2.29. The first-order valence-electron chi connectivity index (χ1n) is 4.08. The molecule has 0 fully saturated rings. The predicted octanol–water partition coefficient (Wildman–Crippen LogP) is 1.97. The van der Waals surface area contributed by atoms with Gasteiger partial charge in [0.25, 0.3) is 0 Å². The molecule has 0 aromatic heterocycles. The summed E-state index contributed by atoms with van der Waals surface area (Å²) in [5.74, 6) is -0.514. The van der Waals surface area contributed by atoms with Crippen molar-refractivity contribution in [1.82, 2.24) is 0 Å². The topological polar surface area (TPSA) is 37.3 Å². The number of benzene rings is 1. The summed E-state index contributed by atoms with van der Waals surface area (Å²) in [6.07, 6.45) is 0.248. The fourth-order valence-corrected chi connectivity index (χ4v) is 1.33. The maximum Gasteiger partial charge on any atom is 0.151 e. The van der Waals surface area contributed by atoms with Crippen molar-refractivity contribution < 1.29 is 14.3 Å². The smallest absolute Gasteiger partial charge is 0.151 e. The summed E-state index contributed by atoms with van der Waals surface area (Å²) in [6.45, 7) is 1.31. The number of aliphatic hydroxyl groups is 1. The van der Waals surface area contributed by atoms with Crippen molar-refractivity contribution in [2.75, 3.05) is 0 Å². The molecule has 0 heterocycles. The molecule has 1 unspecified atom stereocenters. The Kier molecular flexibility index (Phi) is 3.24. The molecule has 4 heteroatoms. The van der Waals surface area contributed by atoms with Gasteiger partial charge in [-0.3, -0.25) is 0 Å². The van der Waals surface area contributed by atoms with Crippen LogP contribution in [0.25, 0.3) is 0 Å². The van der Waals surface area contributed by atoms with Crippen LogP contribution in [0.5, 0.6) is 0 Å². The molecular formula is C10H10ClFO2. The van der Waals surface area contributed by atoms with Crippen molar-refractivity contribution in [3.05, 3.63) is 34.6 Å². The van der Waals surface area contributed by atoms with Crippen LogP contribution in [0.3, 0.4) is 0 Å². The van der Waals surface area contributed by atoms with Crippen LogP contribution < -0.4 is 0 Å². The fraction of sp³-hybridized carbons (Fsp3) is 0.300. The highest BCUT2D eigenvalue weighted by Gasteiger charge is 2.23. The van der Waals surface area contributed by atoms with Gasteiger partial charge in [-0.05, 0) is 19.1 Å². The van der Waals surface area contributed by atoms with E-state index in [0.717, 1.165) is 0 Å². The lowest BCUT2D eigenvalue weighted by atomic mass is 9.98. The number of halogens is 2. The Morgan fingerprint density at radius 3 is 2.79 bits per heavy atom. The van der Waals surface area contributed by atoms with Crippen LogP contribution >= 0.6 is 11.6 Å². The van der Waals surface area contributed by atoms with Gasteiger partial charge in [-0.1, -0.05) is 17.7 Å². The third-order valence-corrected chi connectivity index (χ3v) is 2.20. The van der Waals surface area contributed by atoms with Gasteiger partial charge >= 0.3 is 0 Å². The molecule has 0 aliphatic rings. The number of hydrogen-bond acceptors (Lipinski definition) is 2. The van der Waals surface area contributed by atoms with Crippen LogP contribution in [0.15, 0.2) is 18.2 Å². The van der Waals surface area contributed by atoms with Crippen molar-refractivity contribution in [1.29, 1.82) is 0 Å². The van der Waals surface area contributed by atoms with E-state index in [2.05, 4.69) is 0 Å². The monoisotopic (exact) mass is 216 g/mol. The van der Waals surface area contributed by atoms with E-state index in [1.807, 2.05) is 0 Å². The molecule has 1 rings (SSSR count). The molecule has 0 bridgehead atoms. The van der Waals surface area contributed by atoms with E-state index in [1.165, 1.54) is 25.1 Å². The van der Waals surface area contributed by atoms with E-state index in [-0.39, 0.29) is 17.0 Å². The summed E-state index contributed by atoms with van der Waals surface area (Å²) in [6, 6.07) is 4.22. The molecule has 1 N–H and O–H groups in total. The van der Waals surface area contributed by atoms with Crippen LogP contribution in [0.4, 0.5) is 4.39 Å². The average molecular weight is 217 g/mol. The highest BCUT2D eigenvalue weighted by atomic mass is 35.5. The van der Waals surface area contributed by atoms with Gasteiger partial charge in [0.1, 0.15) is 11.4 Å². The van der Waals surface area contributed by atoms with E-state index in [4.69, 9.17) is 11.6 Å². The number of rotatable bonds is 3. The highest BCUT2D eigenvalue weighted by Crippen LogP contribution is 2.22. The molecule has 0 amide bonds. The molecule has 0 saturated heterocycles. The lowest BCUT2D eigenvalue weighted by Gasteiger charge is -2.16. The van der Waals surface area contributed by atoms with Crippen molar-refractivity contribution >= 4 is 17.9 Å². The molecule has 0 spiro atoms. The number of carbonyl (C=O) groups is 1. The Bertz CT molecular complexity index is 330. The maximum absolute atomic E-state index is 13.2. The fourth-order valence-electron chi connectivity index (χ4n) is 1.10. The summed E-state index contributed by atoms with van der Waals surface area (Å²) < 4.78 is 13.2. The second-order valence-corrected chi connectivity index (χ2v) is 3.76. The van der Waals surface area contributed by atoms with Gasteiger partial charge in [0.2, 0.25) is 0 Å². The van der Waals surface area contributed by atoms with Crippen LogP contribution in [0.1, 0.15) is 12.5 Å². The molecule has 14 heavy (non-hydrogen) atoms. The van der Waals surface area contributed by atoms with E-state index >= 15 is 0 Å². The van der Waals surface area contributed by atoms with Crippen LogP contribution in [-0.2, 0) is 11.2 Å². The zero-order chi connectivity index (χ0) is 10.8. The van der Waals surface area contributed by atoms with Crippen molar-refractivity contribution in [3.63, 3.8) is 0 Å². The minimum atomic E-state index is -1.58. The molecule has 0 aliphatic heterocycles. The Balaban J connectivity index is 3.02. The summed E-state index contributed by atoms with van der Waals surface area (Å²) in [4.78, 5) is 10.4. The van der Waals surface area contributed by atoms with Gasteiger partial charge in [0, 0.05) is 17.0 Å². The first kappa shape index (κ1) is 11.1. The molecule has 0 radical (unpaired) electrons. The molecular weight excluding hydrogens is 207 g/mol. The van der Waals surface area contributed by atoms with Crippen molar-refractivity contribution in [2.24, 2.45) is 0 Å². The SMILES string of the molecule is CC(O)(C=O)Cc1c(F)cccc1Cl. The third-order valence-electron chi connectivity index (χ3n) is 1.85. The first-order valence-corrected chi connectivity index (χ1v) is 4.46. The molecule has 76 valence electrons. The zero-order valence-corrected chi connectivity index (χ0v) is 8.38. The highest BCUT2D eigenvalue weighted by molar-refractivity contribution is 6.31.